The van der Waals surface area contributed by atoms with Crippen LogP contribution in [0.4, 0.5) is 21.5 Å². The van der Waals surface area contributed by atoms with Crippen LogP contribution >= 0.6 is 0 Å². The molecule has 0 N–H and O–H groups in total. The molecule has 0 aliphatic carbocycles. The highest BCUT2D eigenvalue weighted by Gasteiger charge is 2.25. The summed E-state index contributed by atoms with van der Waals surface area (Å²) in [5.74, 6) is 2.18. The first kappa shape index (κ1) is 20.6. The lowest BCUT2D eigenvalue weighted by Gasteiger charge is -2.37. The second-order valence-corrected chi connectivity index (χ2v) is 8.16. The smallest absolute Gasteiger partial charge is 0.151 e. The normalized spacial score (nSPS) is 15.7. The molecule has 2 aliphatic heterocycles. The van der Waals surface area contributed by atoms with Crippen LogP contribution in [0.15, 0.2) is 66.7 Å². The van der Waals surface area contributed by atoms with E-state index in [1.807, 2.05) is 30.3 Å². The minimum absolute atomic E-state index is 0.220. The van der Waals surface area contributed by atoms with E-state index in [9.17, 15) is 4.39 Å². The molecule has 166 valence electrons. The van der Waals surface area contributed by atoms with E-state index in [4.69, 9.17) is 9.47 Å². The van der Waals surface area contributed by atoms with Crippen molar-refractivity contribution in [2.45, 2.75) is 6.42 Å². The molecule has 1 saturated heterocycles. The third-order valence-electron chi connectivity index (χ3n) is 6.25. The fraction of sp³-hybridized carbons (Fsp3) is 0.308. The number of rotatable bonds is 6. The van der Waals surface area contributed by atoms with Crippen LogP contribution in [0, 0.1) is 5.82 Å². The van der Waals surface area contributed by atoms with Gasteiger partial charge in [0.05, 0.1) is 18.5 Å². The zero-order valence-electron chi connectivity index (χ0n) is 18.3. The lowest BCUT2D eigenvalue weighted by atomic mass is 10.1. The van der Waals surface area contributed by atoms with Gasteiger partial charge in [-0.3, -0.25) is 4.90 Å². The summed E-state index contributed by atoms with van der Waals surface area (Å²) >= 11 is 0. The Morgan fingerprint density at radius 1 is 0.812 bits per heavy atom. The van der Waals surface area contributed by atoms with Crippen LogP contribution in [-0.4, -0.2) is 51.3 Å². The number of hydrogen-bond acceptors (Lipinski definition) is 5. The number of anilines is 3. The highest BCUT2D eigenvalue weighted by molar-refractivity contribution is 5.77. The number of halogens is 1. The van der Waals surface area contributed by atoms with E-state index in [2.05, 4.69) is 39.0 Å². The van der Waals surface area contributed by atoms with Crippen molar-refractivity contribution < 1.29 is 13.9 Å². The lowest BCUT2D eigenvalue weighted by molar-refractivity contribution is 0.254. The lowest BCUT2D eigenvalue weighted by Crippen LogP contribution is -2.47. The zero-order valence-corrected chi connectivity index (χ0v) is 18.3. The molecule has 5 rings (SSSR count). The molecule has 2 aliphatic rings. The average molecular weight is 434 g/mol. The fourth-order valence-electron chi connectivity index (χ4n) is 4.64. The molecule has 5 nitrogen and oxygen atoms in total. The van der Waals surface area contributed by atoms with Gasteiger partial charge in [-0.2, -0.15) is 0 Å². The van der Waals surface area contributed by atoms with E-state index >= 15 is 0 Å². The van der Waals surface area contributed by atoms with E-state index in [0.29, 0.717) is 11.4 Å². The summed E-state index contributed by atoms with van der Waals surface area (Å²) in [7, 11) is 1.59. The molecule has 6 heteroatoms. The largest absolute Gasteiger partial charge is 0.494 e. The Morgan fingerprint density at radius 2 is 1.47 bits per heavy atom. The number of para-hydroxylation sites is 5. The average Bonchev–Trinajstić information content (AvgIpc) is 2.84. The molecular weight excluding hydrogens is 405 g/mol. The van der Waals surface area contributed by atoms with Crippen molar-refractivity contribution in [1.82, 2.24) is 4.90 Å². The summed E-state index contributed by atoms with van der Waals surface area (Å²) in [4.78, 5) is 6.91. The Hall–Kier alpha value is -3.25. The monoisotopic (exact) mass is 433 g/mol. The molecule has 32 heavy (non-hydrogen) atoms. The summed E-state index contributed by atoms with van der Waals surface area (Å²) < 4.78 is 25.9. The van der Waals surface area contributed by atoms with Gasteiger partial charge in [-0.1, -0.05) is 30.3 Å². The molecule has 0 bridgehead atoms. The molecule has 0 saturated carbocycles. The Kier molecular flexibility index (Phi) is 5.86. The molecule has 0 radical (unpaired) electrons. The fourth-order valence-corrected chi connectivity index (χ4v) is 4.64. The van der Waals surface area contributed by atoms with Crippen LogP contribution in [0.25, 0.3) is 0 Å². The minimum Gasteiger partial charge on any atom is -0.494 e. The number of methoxy groups -OCH3 is 1. The molecule has 0 aromatic heterocycles. The maximum Gasteiger partial charge on any atom is 0.151 e. The molecule has 2 heterocycles. The number of ether oxygens (including phenoxy) is 2. The Labute approximate surface area is 188 Å². The predicted octanol–water partition coefficient (Wildman–Crippen LogP) is 5.29. The maximum atomic E-state index is 14.4. The quantitative estimate of drug-likeness (QED) is 0.527. The third kappa shape index (κ3) is 3.98. The number of benzene rings is 3. The molecule has 0 amide bonds. The summed E-state index contributed by atoms with van der Waals surface area (Å²) in [6.07, 6.45) is 1.03. The number of fused-ring (bicyclic) bond motifs is 2. The van der Waals surface area contributed by atoms with E-state index in [-0.39, 0.29) is 5.82 Å². The Balaban J connectivity index is 1.20. The summed E-state index contributed by atoms with van der Waals surface area (Å²) in [5.41, 5.74) is 2.81. The van der Waals surface area contributed by atoms with Crippen LogP contribution in [0.2, 0.25) is 0 Å². The summed E-state index contributed by atoms with van der Waals surface area (Å²) in [6.45, 7) is 5.32. The number of nitrogens with zero attached hydrogens (tertiary/aromatic N) is 3. The molecule has 1 fully saturated rings. The molecule has 0 unspecified atom stereocenters. The van der Waals surface area contributed by atoms with Crippen molar-refractivity contribution in [3.05, 3.63) is 72.5 Å². The van der Waals surface area contributed by atoms with E-state index in [1.54, 1.807) is 13.2 Å². The maximum absolute atomic E-state index is 14.4. The highest BCUT2D eigenvalue weighted by atomic mass is 19.1. The summed E-state index contributed by atoms with van der Waals surface area (Å²) in [6, 6.07) is 21.4. The zero-order chi connectivity index (χ0) is 21.9. The van der Waals surface area contributed by atoms with Crippen molar-refractivity contribution in [3.8, 4) is 17.2 Å². The van der Waals surface area contributed by atoms with Crippen LogP contribution in [0.1, 0.15) is 6.42 Å². The summed E-state index contributed by atoms with van der Waals surface area (Å²) in [5, 5.41) is 0. The van der Waals surface area contributed by atoms with Gasteiger partial charge >= 0.3 is 0 Å². The van der Waals surface area contributed by atoms with Gasteiger partial charge in [-0.15, -0.1) is 0 Å². The van der Waals surface area contributed by atoms with E-state index < -0.39 is 0 Å². The van der Waals surface area contributed by atoms with E-state index in [1.165, 1.54) is 6.07 Å². The topological polar surface area (TPSA) is 28.2 Å². The first-order chi connectivity index (χ1) is 15.7. The van der Waals surface area contributed by atoms with Crippen molar-refractivity contribution >= 4 is 17.1 Å². The molecule has 0 spiro atoms. The van der Waals surface area contributed by atoms with Crippen LogP contribution in [-0.2, 0) is 0 Å². The molecule has 0 atom stereocenters. The van der Waals surface area contributed by atoms with Gasteiger partial charge in [0.25, 0.3) is 0 Å². The van der Waals surface area contributed by atoms with Gasteiger partial charge in [0, 0.05) is 32.7 Å². The first-order valence-electron chi connectivity index (χ1n) is 11.2. The van der Waals surface area contributed by atoms with Gasteiger partial charge in [0.2, 0.25) is 0 Å². The van der Waals surface area contributed by atoms with Gasteiger partial charge < -0.3 is 19.3 Å². The Bertz CT molecular complexity index is 1040. The third-order valence-corrected chi connectivity index (χ3v) is 6.25. The van der Waals surface area contributed by atoms with Crippen molar-refractivity contribution in [1.29, 1.82) is 0 Å². The Morgan fingerprint density at radius 3 is 2.12 bits per heavy atom. The molecule has 3 aromatic rings. The van der Waals surface area contributed by atoms with Gasteiger partial charge in [0.1, 0.15) is 17.3 Å². The highest BCUT2D eigenvalue weighted by Crippen LogP contribution is 2.46. The second-order valence-electron chi connectivity index (χ2n) is 8.16. The SMILES string of the molecule is COc1cccc(F)c1N1CCN(CCCN2c3ccccc3Oc3ccccc32)CC1. The van der Waals surface area contributed by atoms with Crippen LogP contribution in [0.3, 0.4) is 0 Å². The standard InChI is InChI=1S/C26H28FN3O2/c1-31-25-13-6-8-20(27)26(25)29-18-16-28(17-19-29)14-7-15-30-21-9-2-4-11-23(21)32-24-12-5-3-10-22(24)30/h2-6,8-13H,7,14-19H2,1H3. The second kappa shape index (κ2) is 9.09. The van der Waals surface area contributed by atoms with Crippen molar-refractivity contribution in [2.24, 2.45) is 0 Å². The molecular formula is C26H28FN3O2. The predicted molar refractivity (Wildman–Crippen MR) is 126 cm³/mol. The van der Waals surface area contributed by atoms with Crippen molar-refractivity contribution in [2.75, 3.05) is 56.2 Å². The number of piperazine rings is 1. The van der Waals surface area contributed by atoms with Crippen LogP contribution < -0.4 is 19.3 Å². The first-order valence-corrected chi connectivity index (χ1v) is 11.2. The number of hydrogen-bond donors (Lipinski definition) is 0. The van der Waals surface area contributed by atoms with Gasteiger partial charge in [-0.05, 0) is 49.4 Å². The minimum atomic E-state index is -0.220. The van der Waals surface area contributed by atoms with Gasteiger partial charge in [0.15, 0.2) is 11.5 Å². The molecule has 3 aromatic carbocycles. The van der Waals surface area contributed by atoms with E-state index in [0.717, 1.165) is 68.6 Å². The van der Waals surface area contributed by atoms with Crippen molar-refractivity contribution in [3.63, 3.8) is 0 Å². The van der Waals surface area contributed by atoms with Crippen LogP contribution in [0.5, 0.6) is 17.2 Å². The van der Waals surface area contributed by atoms with Gasteiger partial charge in [-0.25, -0.2) is 4.39 Å².